The zero-order valence-corrected chi connectivity index (χ0v) is 20.6. The normalized spacial score (nSPS) is 11.6. The number of nitrogens with one attached hydrogen (secondary N) is 1. The van der Waals surface area contributed by atoms with Crippen LogP contribution in [-0.4, -0.2) is 39.6 Å². The van der Waals surface area contributed by atoms with E-state index in [1.54, 1.807) is 16.8 Å². The van der Waals surface area contributed by atoms with Crippen molar-refractivity contribution in [3.05, 3.63) is 65.2 Å². The number of carbonyl (C=O) groups is 2. The highest BCUT2D eigenvalue weighted by Gasteiger charge is 2.25. The predicted octanol–water partition coefficient (Wildman–Crippen LogP) is 5.12. The zero-order valence-electron chi connectivity index (χ0n) is 20.6. The van der Waals surface area contributed by atoms with Crippen LogP contribution in [0.3, 0.4) is 0 Å². The highest BCUT2D eigenvalue weighted by atomic mass is 16.3. The summed E-state index contributed by atoms with van der Waals surface area (Å²) >= 11 is 0. The molecule has 176 valence electrons. The first-order valence-corrected chi connectivity index (χ1v) is 11.3. The summed E-state index contributed by atoms with van der Waals surface area (Å²) < 4.78 is 7.03. The molecule has 0 saturated carbocycles. The smallest absolute Gasteiger partial charge is 0.290 e. The summed E-state index contributed by atoms with van der Waals surface area (Å²) in [4.78, 5) is 27.5. The number of nitrogens with zero attached hydrogens (tertiary/aromatic N) is 3. The Labute approximate surface area is 195 Å². The van der Waals surface area contributed by atoms with E-state index in [4.69, 9.17) is 9.52 Å². The Bertz CT molecular complexity index is 1120. The number of aromatic nitrogens is 2. The van der Waals surface area contributed by atoms with Crippen molar-refractivity contribution in [1.82, 2.24) is 14.7 Å². The molecule has 2 aromatic heterocycles. The third kappa shape index (κ3) is 5.92. The molecule has 3 rings (SSSR count). The zero-order chi connectivity index (χ0) is 24.3. The summed E-state index contributed by atoms with van der Waals surface area (Å²) in [5, 5.41) is 7.79. The van der Waals surface area contributed by atoms with Gasteiger partial charge in [-0.25, -0.2) is 4.68 Å². The molecule has 1 aromatic carbocycles. The van der Waals surface area contributed by atoms with Crippen LogP contribution in [-0.2, 0) is 10.2 Å². The van der Waals surface area contributed by atoms with Gasteiger partial charge in [-0.1, -0.05) is 52.3 Å². The molecule has 33 heavy (non-hydrogen) atoms. The molecule has 0 saturated heterocycles. The van der Waals surface area contributed by atoms with E-state index in [2.05, 4.69) is 32.2 Å². The maximum Gasteiger partial charge on any atom is 0.290 e. The minimum atomic E-state index is -0.304. The quantitative estimate of drug-likeness (QED) is 0.542. The minimum Gasteiger partial charge on any atom is -0.459 e. The Morgan fingerprint density at radius 2 is 1.88 bits per heavy atom. The lowest BCUT2D eigenvalue weighted by Crippen LogP contribution is -2.40. The van der Waals surface area contributed by atoms with Gasteiger partial charge in [0, 0.05) is 18.0 Å². The van der Waals surface area contributed by atoms with Gasteiger partial charge in [-0.05, 0) is 43.5 Å². The van der Waals surface area contributed by atoms with Gasteiger partial charge in [0.05, 0.1) is 17.6 Å². The maximum absolute atomic E-state index is 13.1. The van der Waals surface area contributed by atoms with Gasteiger partial charge in [0.15, 0.2) is 5.76 Å². The van der Waals surface area contributed by atoms with Gasteiger partial charge in [0.25, 0.3) is 5.91 Å². The topological polar surface area (TPSA) is 80.4 Å². The summed E-state index contributed by atoms with van der Waals surface area (Å²) in [6.45, 7) is 14.7. The molecule has 0 fully saturated rings. The van der Waals surface area contributed by atoms with Gasteiger partial charge < -0.3 is 14.6 Å². The van der Waals surface area contributed by atoms with E-state index in [0.717, 1.165) is 22.5 Å². The molecule has 0 spiro atoms. The molecule has 0 radical (unpaired) electrons. The fourth-order valence-electron chi connectivity index (χ4n) is 3.64. The molecule has 0 atom stereocenters. The standard InChI is InChI=1S/C26H34N4O3/c1-17(2)15-29(25(32)21-9-8-12-33-21)16-24(31)27-23-14-22(26(5,6)7)28-30(23)20-11-10-18(3)13-19(20)4/h8-14,17H,15-16H2,1-7H3,(H,27,31). The molecule has 2 heterocycles. The van der Waals surface area contributed by atoms with Crippen LogP contribution in [0.1, 0.15) is 62.0 Å². The van der Waals surface area contributed by atoms with Gasteiger partial charge in [0.2, 0.25) is 5.91 Å². The molecule has 0 unspecified atom stereocenters. The summed E-state index contributed by atoms with van der Waals surface area (Å²) in [5.41, 5.74) is 3.79. The predicted molar refractivity (Wildman–Crippen MR) is 130 cm³/mol. The Balaban J connectivity index is 1.90. The number of benzene rings is 1. The molecule has 0 aliphatic carbocycles. The Kier molecular flexibility index (Phi) is 7.10. The fraction of sp³-hybridized carbons (Fsp3) is 0.423. The number of amides is 2. The Morgan fingerprint density at radius 3 is 2.45 bits per heavy atom. The van der Waals surface area contributed by atoms with Crippen molar-refractivity contribution in [3.63, 3.8) is 0 Å². The Morgan fingerprint density at radius 1 is 1.15 bits per heavy atom. The van der Waals surface area contributed by atoms with Crippen LogP contribution >= 0.6 is 0 Å². The monoisotopic (exact) mass is 450 g/mol. The number of rotatable bonds is 7. The van der Waals surface area contributed by atoms with Crippen LogP contribution in [0, 0.1) is 19.8 Å². The lowest BCUT2D eigenvalue weighted by atomic mass is 9.92. The summed E-state index contributed by atoms with van der Waals surface area (Å²) in [5.74, 6) is 0.402. The molecule has 0 aliphatic rings. The van der Waals surface area contributed by atoms with Crippen molar-refractivity contribution in [2.24, 2.45) is 5.92 Å². The van der Waals surface area contributed by atoms with Crippen LogP contribution in [0.2, 0.25) is 0 Å². The van der Waals surface area contributed by atoms with Crippen LogP contribution in [0.25, 0.3) is 5.69 Å². The number of aryl methyl sites for hydroxylation is 2. The average molecular weight is 451 g/mol. The molecular formula is C26H34N4O3. The number of hydrogen-bond acceptors (Lipinski definition) is 4. The van der Waals surface area contributed by atoms with E-state index in [0.29, 0.717) is 12.4 Å². The Hall–Kier alpha value is -3.35. The lowest BCUT2D eigenvalue weighted by Gasteiger charge is -2.23. The first-order chi connectivity index (χ1) is 15.5. The summed E-state index contributed by atoms with van der Waals surface area (Å²) in [6.07, 6.45) is 1.46. The van der Waals surface area contributed by atoms with E-state index < -0.39 is 0 Å². The second-order valence-corrected chi connectivity index (χ2v) is 9.97. The molecule has 0 aliphatic heterocycles. The number of hydrogen-bond donors (Lipinski definition) is 1. The van der Waals surface area contributed by atoms with Crippen LogP contribution in [0.15, 0.2) is 47.1 Å². The number of carbonyl (C=O) groups excluding carboxylic acids is 2. The highest BCUT2D eigenvalue weighted by molar-refractivity contribution is 5.97. The van der Waals surface area contributed by atoms with Crippen LogP contribution < -0.4 is 5.32 Å². The lowest BCUT2D eigenvalue weighted by molar-refractivity contribution is -0.117. The number of furan rings is 1. The average Bonchev–Trinajstić information content (AvgIpc) is 3.36. The van der Waals surface area contributed by atoms with Gasteiger partial charge in [-0.2, -0.15) is 5.10 Å². The van der Waals surface area contributed by atoms with Crippen LogP contribution in [0.4, 0.5) is 5.82 Å². The van der Waals surface area contributed by atoms with Crippen molar-refractivity contribution in [3.8, 4) is 5.69 Å². The molecule has 2 amide bonds. The van der Waals surface area contributed by atoms with Gasteiger partial charge in [-0.3, -0.25) is 9.59 Å². The van der Waals surface area contributed by atoms with Crippen LogP contribution in [0.5, 0.6) is 0 Å². The van der Waals surface area contributed by atoms with Crippen molar-refractivity contribution < 1.29 is 14.0 Å². The minimum absolute atomic E-state index is 0.0827. The SMILES string of the molecule is Cc1ccc(-n2nc(C(C)(C)C)cc2NC(=O)CN(CC(C)C)C(=O)c2ccco2)c(C)c1. The molecular weight excluding hydrogens is 416 g/mol. The molecule has 0 bridgehead atoms. The third-order valence-electron chi connectivity index (χ3n) is 5.26. The fourth-order valence-corrected chi connectivity index (χ4v) is 3.64. The summed E-state index contributed by atoms with van der Waals surface area (Å²) in [6, 6.07) is 11.3. The van der Waals surface area contributed by atoms with Crippen molar-refractivity contribution in [2.45, 2.75) is 53.9 Å². The van der Waals surface area contributed by atoms with Crippen molar-refractivity contribution >= 4 is 17.6 Å². The largest absolute Gasteiger partial charge is 0.459 e. The second kappa shape index (κ2) is 9.65. The second-order valence-electron chi connectivity index (χ2n) is 9.97. The third-order valence-corrected chi connectivity index (χ3v) is 5.26. The first-order valence-electron chi connectivity index (χ1n) is 11.3. The van der Waals surface area contributed by atoms with Crippen molar-refractivity contribution in [1.29, 1.82) is 0 Å². The maximum atomic E-state index is 13.1. The van der Waals surface area contributed by atoms with E-state index in [1.165, 1.54) is 11.2 Å². The molecule has 3 aromatic rings. The van der Waals surface area contributed by atoms with E-state index >= 15 is 0 Å². The highest BCUT2D eigenvalue weighted by Crippen LogP contribution is 2.28. The number of anilines is 1. The van der Waals surface area contributed by atoms with Crippen molar-refractivity contribution in [2.75, 3.05) is 18.4 Å². The molecule has 7 heteroatoms. The van der Waals surface area contributed by atoms with Gasteiger partial charge >= 0.3 is 0 Å². The molecule has 7 nitrogen and oxygen atoms in total. The summed E-state index contributed by atoms with van der Waals surface area (Å²) in [7, 11) is 0. The molecule has 1 N–H and O–H groups in total. The van der Waals surface area contributed by atoms with E-state index in [-0.39, 0.29) is 35.5 Å². The van der Waals surface area contributed by atoms with Gasteiger partial charge in [-0.15, -0.1) is 0 Å². The van der Waals surface area contributed by atoms with E-state index in [1.807, 2.05) is 45.9 Å². The van der Waals surface area contributed by atoms with Gasteiger partial charge in [0.1, 0.15) is 12.4 Å². The van der Waals surface area contributed by atoms with E-state index in [9.17, 15) is 9.59 Å². The first kappa shape index (κ1) is 24.3.